The molecular formula is C17H25NO4. The number of allylic oxidation sites excluding steroid dienone is 1. The van der Waals surface area contributed by atoms with Crippen LogP contribution in [0.3, 0.4) is 0 Å². The first kappa shape index (κ1) is 15.4. The molecule has 5 nitrogen and oxygen atoms in total. The van der Waals surface area contributed by atoms with Gasteiger partial charge in [-0.3, -0.25) is 0 Å². The number of rotatable bonds is 8. The van der Waals surface area contributed by atoms with E-state index in [4.69, 9.17) is 4.74 Å². The fourth-order valence-electron chi connectivity index (χ4n) is 3.91. The van der Waals surface area contributed by atoms with Crippen LogP contribution < -0.4 is 5.32 Å². The topological polar surface area (TPSA) is 75.6 Å². The van der Waals surface area contributed by atoms with Crippen LogP contribution in [0.2, 0.25) is 0 Å². The van der Waals surface area contributed by atoms with Crippen LogP contribution in [0.25, 0.3) is 0 Å². The van der Waals surface area contributed by atoms with Crippen LogP contribution in [-0.4, -0.2) is 29.3 Å². The van der Waals surface area contributed by atoms with Gasteiger partial charge in [-0.15, -0.1) is 6.58 Å². The number of nitrogens with one attached hydrogen (secondary N) is 1. The molecule has 0 bridgehead atoms. The Labute approximate surface area is 131 Å². The Morgan fingerprint density at radius 2 is 2.00 bits per heavy atom. The summed E-state index contributed by atoms with van der Waals surface area (Å²) in [6.45, 7) is 3.69. The molecule has 2 N–H and O–H groups in total. The molecule has 22 heavy (non-hydrogen) atoms. The Morgan fingerprint density at radius 3 is 2.64 bits per heavy atom. The SMILES string of the molecule is C=CCCCC1C[C@H]1OC(=O)NC(C(=O)O)C1C[C@@H]2C[C@@H]2C1. The van der Waals surface area contributed by atoms with Gasteiger partial charge in [-0.2, -0.15) is 0 Å². The van der Waals surface area contributed by atoms with E-state index < -0.39 is 18.1 Å². The van der Waals surface area contributed by atoms with Crippen molar-refractivity contribution in [2.24, 2.45) is 23.7 Å². The predicted octanol–water partition coefficient (Wildman–Crippen LogP) is 2.96. The molecule has 5 heteroatoms. The summed E-state index contributed by atoms with van der Waals surface area (Å²) in [6.07, 6.45) is 8.38. The molecule has 3 saturated carbocycles. The third-order valence-electron chi connectivity index (χ3n) is 5.39. The highest BCUT2D eigenvalue weighted by Gasteiger charge is 2.50. The van der Waals surface area contributed by atoms with Gasteiger partial charge >= 0.3 is 12.1 Å². The zero-order valence-corrected chi connectivity index (χ0v) is 12.9. The van der Waals surface area contributed by atoms with E-state index in [1.165, 1.54) is 6.42 Å². The van der Waals surface area contributed by atoms with Crippen LogP contribution in [0.15, 0.2) is 12.7 Å². The lowest BCUT2D eigenvalue weighted by Crippen LogP contribution is -2.46. The van der Waals surface area contributed by atoms with E-state index >= 15 is 0 Å². The number of hydrogen-bond donors (Lipinski definition) is 2. The van der Waals surface area contributed by atoms with Crippen LogP contribution >= 0.6 is 0 Å². The van der Waals surface area contributed by atoms with Gasteiger partial charge in [0.1, 0.15) is 12.1 Å². The van der Waals surface area contributed by atoms with Crippen molar-refractivity contribution >= 4 is 12.1 Å². The van der Waals surface area contributed by atoms with Gasteiger partial charge in [0.25, 0.3) is 0 Å². The zero-order chi connectivity index (χ0) is 15.7. The molecule has 122 valence electrons. The van der Waals surface area contributed by atoms with Crippen molar-refractivity contribution < 1.29 is 19.4 Å². The minimum Gasteiger partial charge on any atom is -0.480 e. The molecule has 3 rings (SSSR count). The quantitative estimate of drug-likeness (QED) is 0.534. The largest absolute Gasteiger partial charge is 0.480 e. The first-order valence-electron chi connectivity index (χ1n) is 8.39. The summed E-state index contributed by atoms with van der Waals surface area (Å²) >= 11 is 0. The second-order valence-corrected chi connectivity index (χ2v) is 7.11. The lowest BCUT2D eigenvalue weighted by Gasteiger charge is -2.21. The minimum atomic E-state index is -0.943. The molecule has 3 unspecified atom stereocenters. The maximum Gasteiger partial charge on any atom is 0.408 e. The van der Waals surface area contributed by atoms with Crippen LogP contribution in [0.4, 0.5) is 4.79 Å². The summed E-state index contributed by atoms with van der Waals surface area (Å²) in [6, 6.07) is -0.793. The van der Waals surface area contributed by atoms with E-state index in [-0.39, 0.29) is 12.0 Å². The second kappa shape index (κ2) is 6.31. The molecule has 0 aliphatic heterocycles. The number of carbonyl (C=O) groups is 2. The van der Waals surface area contributed by atoms with Crippen molar-refractivity contribution in [3.8, 4) is 0 Å². The second-order valence-electron chi connectivity index (χ2n) is 7.11. The van der Waals surface area contributed by atoms with E-state index in [0.717, 1.165) is 38.5 Å². The van der Waals surface area contributed by atoms with Gasteiger partial charge < -0.3 is 15.2 Å². The molecule has 0 aromatic carbocycles. The maximum atomic E-state index is 11.9. The van der Waals surface area contributed by atoms with Crippen LogP contribution in [0, 0.1) is 23.7 Å². The number of amides is 1. The fourth-order valence-corrected chi connectivity index (χ4v) is 3.91. The van der Waals surface area contributed by atoms with E-state index in [2.05, 4.69) is 11.9 Å². The smallest absolute Gasteiger partial charge is 0.408 e. The Balaban J connectivity index is 1.40. The first-order chi connectivity index (χ1) is 10.6. The van der Waals surface area contributed by atoms with Crippen molar-refractivity contribution in [3.63, 3.8) is 0 Å². The van der Waals surface area contributed by atoms with Gasteiger partial charge in [0.2, 0.25) is 0 Å². The number of hydrogen-bond acceptors (Lipinski definition) is 3. The normalized spacial score (nSPS) is 36.1. The van der Waals surface area contributed by atoms with Gasteiger partial charge in [0.05, 0.1) is 0 Å². The van der Waals surface area contributed by atoms with Gasteiger partial charge in [0, 0.05) is 0 Å². The molecular weight excluding hydrogens is 282 g/mol. The van der Waals surface area contributed by atoms with Crippen LogP contribution in [-0.2, 0) is 9.53 Å². The molecule has 0 saturated heterocycles. The van der Waals surface area contributed by atoms with Crippen molar-refractivity contribution in [1.29, 1.82) is 0 Å². The Morgan fingerprint density at radius 1 is 1.27 bits per heavy atom. The monoisotopic (exact) mass is 307 g/mol. The van der Waals surface area contributed by atoms with Crippen LogP contribution in [0.1, 0.15) is 44.9 Å². The number of carbonyl (C=O) groups excluding carboxylic acids is 1. The molecule has 0 aromatic heterocycles. The number of fused-ring (bicyclic) bond motifs is 1. The standard InChI is InChI=1S/C17H25NO4/c1-2-3-4-5-10-9-14(10)22-17(21)18-15(16(19)20)13-7-11-6-12(11)8-13/h2,10-15H,1,3-9H2,(H,18,21)(H,19,20)/t10?,11-,12+,13?,14-,15?/m1/s1. The number of unbranched alkanes of at least 4 members (excludes halogenated alkanes) is 1. The molecule has 6 atom stereocenters. The lowest BCUT2D eigenvalue weighted by atomic mass is 9.94. The number of alkyl carbamates (subject to hydrolysis) is 1. The van der Waals surface area contributed by atoms with Crippen molar-refractivity contribution in [2.75, 3.05) is 0 Å². The molecule has 0 spiro atoms. The first-order valence-corrected chi connectivity index (χ1v) is 8.39. The number of aliphatic carboxylic acids is 1. The van der Waals surface area contributed by atoms with E-state index in [0.29, 0.717) is 17.8 Å². The molecule has 0 heterocycles. The van der Waals surface area contributed by atoms with Crippen molar-refractivity contribution in [3.05, 3.63) is 12.7 Å². The third kappa shape index (κ3) is 3.62. The number of ether oxygens (including phenoxy) is 1. The van der Waals surface area contributed by atoms with Gasteiger partial charge in [0.15, 0.2) is 0 Å². The number of carboxylic acids is 1. The summed E-state index contributed by atoms with van der Waals surface area (Å²) in [7, 11) is 0. The molecule has 3 fully saturated rings. The Kier molecular flexibility index (Phi) is 4.41. The molecule has 1 amide bonds. The molecule has 3 aliphatic rings. The van der Waals surface area contributed by atoms with E-state index in [9.17, 15) is 14.7 Å². The average Bonchev–Trinajstić information content (AvgIpc) is 3.35. The molecule has 3 aliphatic carbocycles. The third-order valence-corrected chi connectivity index (χ3v) is 5.39. The summed E-state index contributed by atoms with van der Waals surface area (Å²) in [5, 5.41) is 11.9. The summed E-state index contributed by atoms with van der Waals surface area (Å²) in [5.74, 6) is 0.954. The average molecular weight is 307 g/mol. The Hall–Kier alpha value is -1.52. The highest BCUT2D eigenvalue weighted by atomic mass is 16.6. The van der Waals surface area contributed by atoms with Crippen LogP contribution in [0.5, 0.6) is 0 Å². The van der Waals surface area contributed by atoms with Crippen molar-refractivity contribution in [1.82, 2.24) is 5.32 Å². The maximum absolute atomic E-state index is 11.9. The molecule has 0 radical (unpaired) electrons. The van der Waals surface area contributed by atoms with Gasteiger partial charge in [-0.05, 0) is 68.6 Å². The number of carboxylic acid groups (broad SMARTS) is 1. The summed E-state index contributed by atoms with van der Waals surface area (Å²) < 4.78 is 5.34. The van der Waals surface area contributed by atoms with E-state index in [1.807, 2.05) is 6.08 Å². The fraction of sp³-hybridized carbons (Fsp3) is 0.765. The zero-order valence-electron chi connectivity index (χ0n) is 12.9. The lowest BCUT2D eigenvalue weighted by molar-refractivity contribution is -0.140. The minimum absolute atomic E-state index is 0.0313. The Bertz CT molecular complexity index is 454. The predicted molar refractivity (Wildman–Crippen MR) is 81.3 cm³/mol. The summed E-state index contributed by atoms with van der Waals surface area (Å²) in [4.78, 5) is 23.3. The summed E-state index contributed by atoms with van der Waals surface area (Å²) in [5.41, 5.74) is 0. The van der Waals surface area contributed by atoms with E-state index in [1.54, 1.807) is 0 Å². The van der Waals surface area contributed by atoms with Gasteiger partial charge in [-0.25, -0.2) is 9.59 Å². The molecule has 0 aromatic rings. The highest BCUT2D eigenvalue weighted by Crippen LogP contribution is 2.55. The van der Waals surface area contributed by atoms with Crippen molar-refractivity contribution in [2.45, 2.75) is 57.1 Å². The highest BCUT2D eigenvalue weighted by molar-refractivity contribution is 5.80. The van der Waals surface area contributed by atoms with Gasteiger partial charge in [-0.1, -0.05) is 6.08 Å².